The van der Waals surface area contributed by atoms with E-state index in [1.165, 1.54) is 4.90 Å². The van der Waals surface area contributed by atoms with Crippen LogP contribution in [0.2, 0.25) is 0 Å². The van der Waals surface area contributed by atoms with Gasteiger partial charge in [0.05, 0.1) is 11.3 Å². The SMILES string of the molecule is O=C(CN1C(=O)C(=O)c2c(Br)cccc21)NC1CC1. The van der Waals surface area contributed by atoms with Crippen LogP contribution in [-0.2, 0) is 9.59 Å². The van der Waals surface area contributed by atoms with Crippen molar-refractivity contribution >= 4 is 39.2 Å². The Kier molecular flexibility index (Phi) is 2.89. The molecule has 1 aliphatic heterocycles. The van der Waals surface area contributed by atoms with E-state index in [-0.39, 0.29) is 18.5 Å². The second-order valence-electron chi connectivity index (χ2n) is 4.70. The van der Waals surface area contributed by atoms with Crippen LogP contribution < -0.4 is 10.2 Å². The lowest BCUT2D eigenvalue weighted by Crippen LogP contribution is -2.40. The van der Waals surface area contributed by atoms with E-state index in [1.54, 1.807) is 18.2 Å². The van der Waals surface area contributed by atoms with Crippen molar-refractivity contribution < 1.29 is 14.4 Å². The number of carbonyl (C=O) groups excluding carboxylic acids is 3. The van der Waals surface area contributed by atoms with Crippen LogP contribution in [0.3, 0.4) is 0 Å². The maximum atomic E-state index is 11.9. The molecule has 19 heavy (non-hydrogen) atoms. The van der Waals surface area contributed by atoms with Crippen molar-refractivity contribution in [2.75, 3.05) is 11.4 Å². The highest BCUT2D eigenvalue weighted by Crippen LogP contribution is 2.34. The number of hydrogen-bond acceptors (Lipinski definition) is 3. The Balaban J connectivity index is 1.86. The lowest BCUT2D eigenvalue weighted by molar-refractivity contribution is -0.122. The maximum Gasteiger partial charge on any atom is 0.299 e. The molecule has 0 atom stereocenters. The number of amides is 2. The first-order chi connectivity index (χ1) is 9.08. The molecule has 1 aliphatic carbocycles. The molecule has 0 unspecified atom stereocenters. The molecule has 2 amide bonds. The molecule has 1 heterocycles. The number of carbonyl (C=O) groups is 3. The van der Waals surface area contributed by atoms with Gasteiger partial charge in [0.2, 0.25) is 5.91 Å². The van der Waals surface area contributed by atoms with E-state index in [9.17, 15) is 14.4 Å². The summed E-state index contributed by atoms with van der Waals surface area (Å²) in [5.74, 6) is -1.44. The lowest BCUT2D eigenvalue weighted by Gasteiger charge is -2.16. The van der Waals surface area contributed by atoms with Gasteiger partial charge >= 0.3 is 0 Å². The minimum atomic E-state index is -0.646. The van der Waals surface area contributed by atoms with Crippen molar-refractivity contribution in [1.29, 1.82) is 0 Å². The molecule has 0 bridgehead atoms. The minimum absolute atomic E-state index is 0.107. The fraction of sp³-hybridized carbons (Fsp3) is 0.308. The number of nitrogens with zero attached hydrogens (tertiary/aromatic N) is 1. The van der Waals surface area contributed by atoms with E-state index in [2.05, 4.69) is 21.2 Å². The number of rotatable bonds is 3. The zero-order valence-corrected chi connectivity index (χ0v) is 11.6. The second kappa shape index (κ2) is 4.45. The first-order valence-corrected chi connectivity index (χ1v) is 6.81. The van der Waals surface area contributed by atoms with Gasteiger partial charge in [-0.25, -0.2) is 0 Å². The third kappa shape index (κ3) is 2.16. The Morgan fingerprint density at radius 3 is 2.79 bits per heavy atom. The summed E-state index contributed by atoms with van der Waals surface area (Å²) >= 11 is 3.26. The topological polar surface area (TPSA) is 66.5 Å². The molecule has 1 aromatic carbocycles. The molecule has 98 valence electrons. The van der Waals surface area contributed by atoms with Gasteiger partial charge in [-0.1, -0.05) is 6.07 Å². The molecule has 0 aromatic heterocycles. The third-order valence-corrected chi connectivity index (χ3v) is 3.85. The number of fused-ring (bicyclic) bond motifs is 1. The highest BCUT2D eigenvalue weighted by atomic mass is 79.9. The number of ketones is 1. The first-order valence-electron chi connectivity index (χ1n) is 6.02. The van der Waals surface area contributed by atoms with Gasteiger partial charge in [0.15, 0.2) is 0 Å². The highest BCUT2D eigenvalue weighted by molar-refractivity contribution is 9.10. The number of anilines is 1. The quantitative estimate of drug-likeness (QED) is 0.852. The van der Waals surface area contributed by atoms with Crippen LogP contribution in [-0.4, -0.2) is 30.2 Å². The van der Waals surface area contributed by atoms with Gasteiger partial charge in [-0.3, -0.25) is 19.3 Å². The van der Waals surface area contributed by atoms with Crippen LogP contribution in [0, 0.1) is 0 Å². The van der Waals surface area contributed by atoms with E-state index in [0.717, 1.165) is 12.8 Å². The van der Waals surface area contributed by atoms with Crippen molar-refractivity contribution in [2.24, 2.45) is 0 Å². The van der Waals surface area contributed by atoms with Crippen LogP contribution in [0.25, 0.3) is 0 Å². The molecular weight excluding hydrogens is 312 g/mol. The average Bonchev–Trinajstić information content (AvgIpc) is 3.14. The van der Waals surface area contributed by atoms with Crippen molar-refractivity contribution in [3.8, 4) is 0 Å². The second-order valence-corrected chi connectivity index (χ2v) is 5.55. The molecule has 1 fully saturated rings. The van der Waals surface area contributed by atoms with Gasteiger partial charge < -0.3 is 5.32 Å². The number of halogens is 1. The predicted octanol–water partition coefficient (Wildman–Crippen LogP) is 1.26. The summed E-state index contributed by atoms with van der Waals surface area (Å²) in [4.78, 5) is 36.8. The number of Topliss-reactive ketones (excluding diaryl/α,β-unsaturated/α-hetero) is 1. The molecule has 0 spiro atoms. The number of nitrogens with one attached hydrogen (secondary N) is 1. The molecular formula is C13H11BrN2O3. The van der Waals surface area contributed by atoms with Crippen molar-refractivity contribution in [3.63, 3.8) is 0 Å². The van der Waals surface area contributed by atoms with Gasteiger partial charge in [-0.05, 0) is 40.9 Å². The van der Waals surface area contributed by atoms with Crippen LogP contribution in [0.4, 0.5) is 5.69 Å². The third-order valence-electron chi connectivity index (χ3n) is 3.19. The van der Waals surface area contributed by atoms with Gasteiger partial charge in [0.1, 0.15) is 6.54 Å². The lowest BCUT2D eigenvalue weighted by atomic mass is 10.1. The summed E-state index contributed by atoms with van der Waals surface area (Å²) in [6.45, 7) is -0.107. The van der Waals surface area contributed by atoms with Crippen molar-refractivity contribution in [3.05, 3.63) is 28.2 Å². The monoisotopic (exact) mass is 322 g/mol. The van der Waals surface area contributed by atoms with Gasteiger partial charge in [-0.15, -0.1) is 0 Å². The largest absolute Gasteiger partial charge is 0.352 e. The molecule has 6 heteroatoms. The van der Waals surface area contributed by atoms with Crippen molar-refractivity contribution in [2.45, 2.75) is 18.9 Å². The maximum absolute atomic E-state index is 11.9. The normalized spacial score (nSPS) is 17.6. The molecule has 5 nitrogen and oxygen atoms in total. The minimum Gasteiger partial charge on any atom is -0.352 e. The molecule has 0 saturated heterocycles. The first kappa shape index (κ1) is 12.3. The summed E-state index contributed by atoms with van der Waals surface area (Å²) in [5, 5.41) is 2.81. The summed E-state index contributed by atoms with van der Waals surface area (Å²) < 4.78 is 0.577. The van der Waals surface area contributed by atoms with Crippen LogP contribution >= 0.6 is 15.9 Å². The zero-order chi connectivity index (χ0) is 13.6. The van der Waals surface area contributed by atoms with E-state index >= 15 is 0 Å². The zero-order valence-electron chi connectivity index (χ0n) is 9.98. The molecule has 2 aliphatic rings. The Hall–Kier alpha value is -1.69. The fourth-order valence-electron chi connectivity index (χ4n) is 2.10. The van der Waals surface area contributed by atoms with E-state index in [0.29, 0.717) is 15.7 Å². The molecule has 1 N–H and O–H groups in total. The smallest absolute Gasteiger partial charge is 0.299 e. The Labute approximate surface area is 118 Å². The highest BCUT2D eigenvalue weighted by Gasteiger charge is 2.38. The number of hydrogen-bond donors (Lipinski definition) is 1. The van der Waals surface area contributed by atoms with Gasteiger partial charge in [-0.2, -0.15) is 0 Å². The van der Waals surface area contributed by atoms with E-state index < -0.39 is 11.7 Å². The summed E-state index contributed by atoms with van der Waals surface area (Å²) in [6, 6.07) is 5.36. The van der Waals surface area contributed by atoms with Crippen LogP contribution in [0.1, 0.15) is 23.2 Å². The molecule has 3 rings (SSSR count). The van der Waals surface area contributed by atoms with Crippen molar-refractivity contribution in [1.82, 2.24) is 5.32 Å². The summed E-state index contributed by atoms with van der Waals surface area (Å²) in [7, 11) is 0. The Bertz CT molecular complexity index is 596. The van der Waals surface area contributed by atoms with Crippen LogP contribution in [0.15, 0.2) is 22.7 Å². The molecule has 1 aromatic rings. The van der Waals surface area contributed by atoms with Gasteiger partial charge in [0.25, 0.3) is 11.7 Å². The summed E-state index contributed by atoms with van der Waals surface area (Å²) in [6.07, 6.45) is 1.97. The Morgan fingerprint density at radius 1 is 1.37 bits per heavy atom. The van der Waals surface area contributed by atoms with E-state index in [1.807, 2.05) is 0 Å². The van der Waals surface area contributed by atoms with E-state index in [4.69, 9.17) is 0 Å². The van der Waals surface area contributed by atoms with Gasteiger partial charge in [0, 0.05) is 10.5 Å². The number of benzene rings is 1. The Morgan fingerprint density at radius 2 is 2.11 bits per heavy atom. The van der Waals surface area contributed by atoms with Crippen LogP contribution in [0.5, 0.6) is 0 Å². The predicted molar refractivity (Wildman–Crippen MR) is 72.0 cm³/mol. The fourth-order valence-corrected chi connectivity index (χ4v) is 2.64. The summed E-state index contributed by atoms with van der Waals surface area (Å²) in [5.41, 5.74) is 0.835. The molecule has 0 radical (unpaired) electrons. The average molecular weight is 323 g/mol. The standard InChI is InChI=1S/C13H11BrN2O3/c14-8-2-1-3-9-11(8)12(18)13(19)16(9)6-10(17)15-7-4-5-7/h1-3,7H,4-6H2,(H,15,17). The molecule has 1 saturated carbocycles.